The molecule has 3 heteroatoms. The van der Waals surface area contributed by atoms with Crippen molar-refractivity contribution in [3.8, 4) is 0 Å². The number of carbonyl (C=O) groups excluding carboxylic acids is 1. The van der Waals surface area contributed by atoms with Gasteiger partial charge in [-0.15, -0.1) is 0 Å². The maximum Gasteiger partial charge on any atom is 0.239 e. The summed E-state index contributed by atoms with van der Waals surface area (Å²) in [4.78, 5) is 13.5. The first-order chi connectivity index (χ1) is 6.54. The molecular weight excluding hydrogens is 176 g/mol. The molecule has 82 valence electrons. The molecule has 1 rings (SSSR count). The van der Waals surface area contributed by atoms with Gasteiger partial charge in [-0.25, -0.2) is 0 Å². The Hall–Kier alpha value is -0.570. The third-order valence-corrected chi connectivity index (χ3v) is 3.30. The van der Waals surface area contributed by atoms with Gasteiger partial charge in [0.1, 0.15) is 0 Å². The third-order valence-electron chi connectivity index (χ3n) is 3.30. The maximum atomic E-state index is 11.7. The number of rotatable bonds is 2. The van der Waals surface area contributed by atoms with Crippen molar-refractivity contribution in [3.63, 3.8) is 0 Å². The number of likely N-dealkylation sites (N-methyl/N-ethyl adjacent to an activating group) is 1. The first-order valence-corrected chi connectivity index (χ1v) is 5.56. The Morgan fingerprint density at radius 3 is 2.50 bits per heavy atom. The monoisotopic (exact) mass is 198 g/mol. The summed E-state index contributed by atoms with van der Waals surface area (Å²) in [7, 11) is 1.89. The minimum absolute atomic E-state index is 0.0729. The summed E-state index contributed by atoms with van der Waals surface area (Å²) in [6, 6.07) is 0.0383. The van der Waals surface area contributed by atoms with Crippen LogP contribution in [0.5, 0.6) is 0 Å². The molecule has 1 aliphatic carbocycles. The van der Waals surface area contributed by atoms with Gasteiger partial charge in [-0.3, -0.25) is 4.79 Å². The average Bonchev–Trinajstić information content (AvgIpc) is 2.16. The zero-order valence-electron chi connectivity index (χ0n) is 9.49. The van der Waals surface area contributed by atoms with Crippen LogP contribution in [0, 0.1) is 5.92 Å². The molecule has 14 heavy (non-hydrogen) atoms. The second-order valence-electron chi connectivity index (χ2n) is 4.57. The molecule has 2 N–H and O–H groups in total. The van der Waals surface area contributed by atoms with Crippen LogP contribution in [-0.4, -0.2) is 29.9 Å². The van der Waals surface area contributed by atoms with E-state index in [2.05, 4.69) is 6.92 Å². The molecule has 0 aromatic rings. The fourth-order valence-electron chi connectivity index (χ4n) is 2.36. The fraction of sp³-hybridized carbons (Fsp3) is 0.909. The van der Waals surface area contributed by atoms with Crippen LogP contribution in [0.25, 0.3) is 0 Å². The van der Waals surface area contributed by atoms with Crippen LogP contribution in [0.2, 0.25) is 0 Å². The zero-order valence-corrected chi connectivity index (χ0v) is 9.49. The first-order valence-electron chi connectivity index (χ1n) is 5.56. The van der Waals surface area contributed by atoms with E-state index in [1.165, 1.54) is 19.3 Å². The van der Waals surface area contributed by atoms with Crippen LogP contribution in [-0.2, 0) is 4.79 Å². The van der Waals surface area contributed by atoms with E-state index >= 15 is 0 Å². The van der Waals surface area contributed by atoms with Crippen molar-refractivity contribution in [3.05, 3.63) is 0 Å². The Bertz CT molecular complexity index is 203. The molecule has 3 atom stereocenters. The molecule has 0 radical (unpaired) electrons. The van der Waals surface area contributed by atoms with Gasteiger partial charge < -0.3 is 10.6 Å². The highest BCUT2D eigenvalue weighted by atomic mass is 16.2. The Balaban J connectivity index is 2.57. The zero-order chi connectivity index (χ0) is 10.7. The van der Waals surface area contributed by atoms with Crippen molar-refractivity contribution in [1.82, 2.24) is 4.90 Å². The van der Waals surface area contributed by atoms with Crippen molar-refractivity contribution in [2.24, 2.45) is 11.7 Å². The second-order valence-corrected chi connectivity index (χ2v) is 4.57. The molecular formula is C11H22N2O. The summed E-state index contributed by atoms with van der Waals surface area (Å²) in [5.74, 6) is 0.695. The van der Waals surface area contributed by atoms with Crippen LogP contribution in [0.4, 0.5) is 0 Å². The lowest BCUT2D eigenvalue weighted by atomic mass is 9.85. The van der Waals surface area contributed by atoms with E-state index < -0.39 is 0 Å². The summed E-state index contributed by atoms with van der Waals surface area (Å²) in [5, 5.41) is 0. The number of hydrogen-bond acceptors (Lipinski definition) is 2. The lowest BCUT2D eigenvalue weighted by Gasteiger charge is -2.37. The quantitative estimate of drug-likeness (QED) is 0.728. The summed E-state index contributed by atoms with van der Waals surface area (Å²) in [6.45, 7) is 3.99. The second kappa shape index (κ2) is 4.78. The predicted octanol–water partition coefficient (Wildman–Crippen LogP) is 1.37. The summed E-state index contributed by atoms with van der Waals surface area (Å²) in [5.41, 5.74) is 5.60. The molecule has 1 amide bonds. The molecule has 0 saturated heterocycles. The largest absolute Gasteiger partial charge is 0.341 e. The Labute approximate surface area is 86.6 Å². The van der Waals surface area contributed by atoms with E-state index in [0.29, 0.717) is 12.0 Å². The van der Waals surface area contributed by atoms with E-state index in [9.17, 15) is 4.79 Å². The molecule has 2 unspecified atom stereocenters. The highest BCUT2D eigenvalue weighted by Gasteiger charge is 2.28. The van der Waals surface area contributed by atoms with Crippen molar-refractivity contribution in [2.75, 3.05) is 7.05 Å². The Morgan fingerprint density at radius 2 is 2.00 bits per heavy atom. The van der Waals surface area contributed by atoms with Crippen LogP contribution < -0.4 is 5.73 Å². The molecule has 1 aliphatic rings. The van der Waals surface area contributed by atoms with Crippen molar-refractivity contribution in [1.29, 1.82) is 0 Å². The standard InChI is InChI=1S/C11H22N2O/c1-8-6-4-5-7-10(8)13(3)11(14)9(2)12/h8-10H,4-7,12H2,1-3H3/t8?,9-,10?/m1/s1. The van der Waals surface area contributed by atoms with Crippen LogP contribution in [0.3, 0.4) is 0 Å². The van der Waals surface area contributed by atoms with E-state index in [-0.39, 0.29) is 11.9 Å². The van der Waals surface area contributed by atoms with Gasteiger partial charge in [-0.2, -0.15) is 0 Å². The van der Waals surface area contributed by atoms with Crippen LogP contribution in [0.1, 0.15) is 39.5 Å². The fourth-order valence-corrected chi connectivity index (χ4v) is 2.36. The minimum atomic E-state index is -0.367. The van der Waals surface area contributed by atoms with Gasteiger partial charge in [0, 0.05) is 13.1 Å². The molecule has 0 aromatic heterocycles. The number of nitrogens with zero attached hydrogens (tertiary/aromatic N) is 1. The number of amides is 1. The molecule has 0 heterocycles. The van der Waals surface area contributed by atoms with Crippen LogP contribution in [0.15, 0.2) is 0 Å². The van der Waals surface area contributed by atoms with Gasteiger partial charge in [-0.1, -0.05) is 19.8 Å². The topological polar surface area (TPSA) is 46.3 Å². The highest BCUT2D eigenvalue weighted by molar-refractivity contribution is 5.81. The molecule has 0 spiro atoms. The van der Waals surface area contributed by atoms with Gasteiger partial charge in [0.2, 0.25) is 5.91 Å². The molecule has 3 nitrogen and oxygen atoms in total. The summed E-state index contributed by atoms with van der Waals surface area (Å²) < 4.78 is 0. The third kappa shape index (κ3) is 2.47. The molecule has 1 fully saturated rings. The number of carbonyl (C=O) groups is 1. The summed E-state index contributed by atoms with van der Waals surface area (Å²) in [6.07, 6.45) is 4.92. The normalized spacial score (nSPS) is 29.7. The van der Waals surface area contributed by atoms with Gasteiger partial charge >= 0.3 is 0 Å². The Morgan fingerprint density at radius 1 is 1.43 bits per heavy atom. The molecule has 1 saturated carbocycles. The first kappa shape index (κ1) is 11.5. The van der Waals surface area contributed by atoms with E-state index in [4.69, 9.17) is 5.73 Å². The number of nitrogens with two attached hydrogens (primary N) is 1. The lowest BCUT2D eigenvalue weighted by Crippen LogP contribution is -2.48. The molecule has 0 aliphatic heterocycles. The number of hydrogen-bond donors (Lipinski definition) is 1. The van der Waals surface area contributed by atoms with E-state index in [0.717, 1.165) is 6.42 Å². The van der Waals surface area contributed by atoms with E-state index in [1.807, 2.05) is 11.9 Å². The van der Waals surface area contributed by atoms with Crippen molar-refractivity contribution >= 4 is 5.91 Å². The van der Waals surface area contributed by atoms with Crippen LogP contribution >= 0.6 is 0 Å². The van der Waals surface area contributed by atoms with Gasteiger partial charge in [-0.05, 0) is 25.7 Å². The lowest BCUT2D eigenvalue weighted by molar-refractivity contribution is -0.134. The SMILES string of the molecule is CC1CCCCC1N(C)C(=O)[C@@H](C)N. The smallest absolute Gasteiger partial charge is 0.239 e. The minimum Gasteiger partial charge on any atom is -0.341 e. The molecule has 0 bridgehead atoms. The average molecular weight is 198 g/mol. The molecule has 0 aromatic carbocycles. The Kier molecular flexibility index (Phi) is 3.93. The van der Waals surface area contributed by atoms with E-state index in [1.54, 1.807) is 6.92 Å². The van der Waals surface area contributed by atoms with Crippen molar-refractivity contribution < 1.29 is 4.79 Å². The predicted molar refractivity (Wildman–Crippen MR) is 57.8 cm³/mol. The maximum absolute atomic E-state index is 11.7. The van der Waals surface area contributed by atoms with Crippen molar-refractivity contribution in [2.45, 2.75) is 51.6 Å². The highest BCUT2D eigenvalue weighted by Crippen LogP contribution is 2.27. The van der Waals surface area contributed by atoms with Gasteiger partial charge in [0.15, 0.2) is 0 Å². The van der Waals surface area contributed by atoms with Gasteiger partial charge in [0.25, 0.3) is 0 Å². The summed E-state index contributed by atoms with van der Waals surface area (Å²) >= 11 is 0. The van der Waals surface area contributed by atoms with Gasteiger partial charge in [0.05, 0.1) is 6.04 Å².